The van der Waals surface area contributed by atoms with Gasteiger partial charge in [-0.25, -0.2) is 0 Å². The van der Waals surface area contributed by atoms with Crippen LogP contribution in [0.15, 0.2) is 12.1 Å². The van der Waals surface area contributed by atoms with Gasteiger partial charge in [0.1, 0.15) is 5.75 Å². The Morgan fingerprint density at radius 1 is 1.50 bits per heavy atom. The fourth-order valence-electron chi connectivity index (χ4n) is 0.988. The zero-order valence-corrected chi connectivity index (χ0v) is 10.4. The van der Waals surface area contributed by atoms with Gasteiger partial charge in [-0.3, -0.25) is 4.79 Å². The summed E-state index contributed by atoms with van der Waals surface area (Å²) in [6.07, 6.45) is 0. The summed E-state index contributed by atoms with van der Waals surface area (Å²) >= 11 is 14.8. The summed E-state index contributed by atoms with van der Waals surface area (Å²) < 4.78 is 4.98. The van der Waals surface area contributed by atoms with Crippen LogP contribution in [0, 0.1) is 0 Å². The molecule has 2 nitrogen and oxygen atoms in total. The highest BCUT2D eigenvalue weighted by Gasteiger charge is 2.14. The summed E-state index contributed by atoms with van der Waals surface area (Å²) in [5.41, 5.74) is 0.368. The van der Waals surface area contributed by atoms with E-state index in [2.05, 4.69) is 15.9 Å². The number of carbonyl (C=O) groups excluding carboxylic acids is 1. The van der Waals surface area contributed by atoms with E-state index in [1.807, 2.05) is 0 Å². The first-order valence-electron chi connectivity index (χ1n) is 3.72. The van der Waals surface area contributed by atoms with Gasteiger partial charge in [-0.05, 0) is 6.07 Å². The minimum absolute atomic E-state index is 0.129. The Hall–Kier alpha value is -0.250. The monoisotopic (exact) mass is 296 g/mol. The van der Waals surface area contributed by atoms with Crippen LogP contribution in [0.25, 0.3) is 0 Å². The fraction of sp³-hybridized carbons (Fsp3) is 0.222. The molecule has 0 aliphatic rings. The molecule has 0 N–H and O–H groups in total. The Kier molecular flexibility index (Phi) is 4.23. The SMILES string of the molecule is COc1cc(Cl)cc(C(=O)CBr)c1Cl. The lowest BCUT2D eigenvalue weighted by Gasteiger charge is -2.07. The van der Waals surface area contributed by atoms with Crippen molar-refractivity contribution in [1.82, 2.24) is 0 Å². The van der Waals surface area contributed by atoms with Gasteiger partial charge in [0.25, 0.3) is 0 Å². The zero-order chi connectivity index (χ0) is 10.7. The average Bonchev–Trinajstić information content (AvgIpc) is 2.19. The molecule has 0 amide bonds. The van der Waals surface area contributed by atoms with Crippen LogP contribution < -0.4 is 4.74 Å². The molecule has 1 aromatic carbocycles. The highest BCUT2D eigenvalue weighted by atomic mass is 79.9. The number of hydrogen-bond acceptors (Lipinski definition) is 2. The third-order valence-electron chi connectivity index (χ3n) is 1.65. The van der Waals surface area contributed by atoms with Gasteiger partial charge in [0.05, 0.1) is 17.5 Å². The first-order valence-corrected chi connectivity index (χ1v) is 5.60. The molecular formula is C9H7BrCl2O2. The van der Waals surface area contributed by atoms with Crippen LogP contribution in [0.1, 0.15) is 10.4 Å². The summed E-state index contributed by atoms with van der Waals surface area (Å²) in [5.74, 6) is 0.277. The maximum absolute atomic E-state index is 11.4. The van der Waals surface area contributed by atoms with E-state index < -0.39 is 0 Å². The molecule has 0 aromatic heterocycles. The minimum Gasteiger partial charge on any atom is -0.495 e. The molecular weight excluding hydrogens is 291 g/mol. The lowest BCUT2D eigenvalue weighted by molar-refractivity contribution is 0.102. The predicted octanol–water partition coefficient (Wildman–Crippen LogP) is 3.58. The highest BCUT2D eigenvalue weighted by Crippen LogP contribution is 2.32. The molecule has 0 aliphatic heterocycles. The van der Waals surface area contributed by atoms with Gasteiger partial charge in [0.15, 0.2) is 5.78 Å². The standard InChI is InChI=1S/C9H7BrCl2O2/c1-14-8-3-5(11)2-6(9(8)12)7(13)4-10/h2-3H,4H2,1H3. The van der Waals surface area contributed by atoms with Crippen molar-refractivity contribution in [2.45, 2.75) is 0 Å². The van der Waals surface area contributed by atoms with Gasteiger partial charge in [-0.2, -0.15) is 0 Å². The minimum atomic E-state index is -0.129. The lowest BCUT2D eigenvalue weighted by Crippen LogP contribution is -2.02. The van der Waals surface area contributed by atoms with Crippen molar-refractivity contribution in [3.63, 3.8) is 0 Å². The number of benzene rings is 1. The van der Waals surface area contributed by atoms with Gasteiger partial charge < -0.3 is 4.74 Å². The molecule has 0 saturated carbocycles. The molecule has 0 bridgehead atoms. The summed E-state index contributed by atoms with van der Waals surface area (Å²) in [6.45, 7) is 0. The van der Waals surface area contributed by atoms with Crippen LogP contribution in [-0.2, 0) is 0 Å². The van der Waals surface area contributed by atoms with Crippen LogP contribution in [0.5, 0.6) is 5.75 Å². The van der Waals surface area contributed by atoms with Crippen LogP contribution in [-0.4, -0.2) is 18.2 Å². The summed E-state index contributed by atoms with van der Waals surface area (Å²) in [7, 11) is 1.47. The number of ketones is 1. The highest BCUT2D eigenvalue weighted by molar-refractivity contribution is 9.09. The second-order valence-electron chi connectivity index (χ2n) is 2.53. The van der Waals surface area contributed by atoms with Crippen LogP contribution >= 0.6 is 39.1 Å². The van der Waals surface area contributed by atoms with E-state index >= 15 is 0 Å². The van der Waals surface area contributed by atoms with E-state index in [0.29, 0.717) is 21.4 Å². The first-order chi connectivity index (χ1) is 6.60. The van der Waals surface area contributed by atoms with E-state index in [9.17, 15) is 4.79 Å². The quantitative estimate of drug-likeness (QED) is 0.630. The first kappa shape index (κ1) is 11.8. The van der Waals surface area contributed by atoms with Crippen LogP contribution in [0.4, 0.5) is 0 Å². The van der Waals surface area contributed by atoms with Gasteiger partial charge >= 0.3 is 0 Å². The molecule has 1 rings (SSSR count). The van der Waals surface area contributed by atoms with E-state index in [4.69, 9.17) is 27.9 Å². The van der Waals surface area contributed by atoms with Gasteiger partial charge in [0, 0.05) is 16.7 Å². The number of rotatable bonds is 3. The summed E-state index contributed by atoms with van der Waals surface area (Å²) in [4.78, 5) is 11.4. The molecule has 14 heavy (non-hydrogen) atoms. The molecule has 0 unspecified atom stereocenters. The van der Waals surface area contributed by atoms with Crippen molar-refractivity contribution in [2.24, 2.45) is 0 Å². The van der Waals surface area contributed by atoms with Crippen molar-refractivity contribution in [3.8, 4) is 5.75 Å². The molecule has 0 radical (unpaired) electrons. The van der Waals surface area contributed by atoms with Crippen molar-refractivity contribution in [2.75, 3.05) is 12.4 Å². The van der Waals surface area contributed by atoms with Crippen molar-refractivity contribution >= 4 is 44.9 Å². The molecule has 0 aliphatic carbocycles. The number of hydrogen-bond donors (Lipinski definition) is 0. The Bertz CT molecular complexity index is 366. The smallest absolute Gasteiger partial charge is 0.175 e. The van der Waals surface area contributed by atoms with E-state index in [0.717, 1.165) is 0 Å². The summed E-state index contributed by atoms with van der Waals surface area (Å²) in [5, 5.41) is 0.924. The Morgan fingerprint density at radius 2 is 2.14 bits per heavy atom. The third kappa shape index (κ3) is 2.41. The second-order valence-corrected chi connectivity index (χ2v) is 3.90. The van der Waals surface area contributed by atoms with Crippen molar-refractivity contribution in [3.05, 3.63) is 27.7 Å². The van der Waals surface area contributed by atoms with Crippen LogP contribution in [0.3, 0.4) is 0 Å². The number of carbonyl (C=O) groups is 1. The molecule has 76 valence electrons. The molecule has 0 heterocycles. The molecule has 0 saturated heterocycles. The molecule has 0 fully saturated rings. The van der Waals surface area contributed by atoms with Crippen molar-refractivity contribution < 1.29 is 9.53 Å². The topological polar surface area (TPSA) is 26.3 Å². The lowest BCUT2D eigenvalue weighted by atomic mass is 10.1. The van der Waals surface area contributed by atoms with Crippen molar-refractivity contribution in [1.29, 1.82) is 0 Å². The normalized spacial score (nSPS) is 10.0. The number of methoxy groups -OCH3 is 1. The van der Waals surface area contributed by atoms with Crippen LogP contribution in [0.2, 0.25) is 10.0 Å². The largest absolute Gasteiger partial charge is 0.495 e. The summed E-state index contributed by atoms with van der Waals surface area (Å²) in [6, 6.07) is 3.09. The predicted molar refractivity (Wildman–Crippen MR) is 61.1 cm³/mol. The second kappa shape index (κ2) is 5.01. The Morgan fingerprint density at radius 3 is 2.64 bits per heavy atom. The fourth-order valence-corrected chi connectivity index (χ4v) is 1.79. The molecule has 5 heteroatoms. The molecule has 1 aromatic rings. The Balaban J connectivity index is 3.29. The van der Waals surface area contributed by atoms with E-state index in [-0.39, 0.29) is 11.1 Å². The van der Waals surface area contributed by atoms with E-state index in [1.54, 1.807) is 6.07 Å². The maximum atomic E-state index is 11.4. The molecule has 0 spiro atoms. The maximum Gasteiger partial charge on any atom is 0.175 e. The third-order valence-corrected chi connectivity index (χ3v) is 2.76. The van der Waals surface area contributed by atoms with Gasteiger partial charge in [0.2, 0.25) is 0 Å². The van der Waals surface area contributed by atoms with Gasteiger partial charge in [-0.1, -0.05) is 39.1 Å². The molecule has 0 atom stereocenters. The number of ether oxygens (including phenoxy) is 1. The average molecular weight is 298 g/mol. The number of halogens is 3. The zero-order valence-electron chi connectivity index (χ0n) is 7.31. The Labute approximate surface area is 100 Å². The number of alkyl halides is 1. The van der Waals surface area contributed by atoms with E-state index in [1.165, 1.54) is 13.2 Å². The van der Waals surface area contributed by atoms with Gasteiger partial charge in [-0.15, -0.1) is 0 Å². The number of Topliss-reactive ketones (excluding diaryl/α,β-unsaturated/α-hetero) is 1.